The fourth-order valence-corrected chi connectivity index (χ4v) is 1.55. The summed E-state index contributed by atoms with van der Waals surface area (Å²) in [4.78, 5) is 19.7. The van der Waals surface area contributed by atoms with E-state index in [4.69, 9.17) is 15.2 Å². The van der Waals surface area contributed by atoms with Gasteiger partial charge in [-0.05, 0) is 38.1 Å². The first kappa shape index (κ1) is 13.8. The third-order valence-corrected chi connectivity index (χ3v) is 2.54. The van der Waals surface area contributed by atoms with Gasteiger partial charge in [-0.2, -0.15) is 4.98 Å². The van der Waals surface area contributed by atoms with Gasteiger partial charge in [0.25, 0.3) is 0 Å². The van der Waals surface area contributed by atoms with Gasteiger partial charge < -0.3 is 15.2 Å². The lowest BCUT2D eigenvalue weighted by Crippen LogP contribution is -2.09. The van der Waals surface area contributed by atoms with Crippen LogP contribution in [-0.2, 0) is 4.74 Å². The molecule has 20 heavy (non-hydrogen) atoms. The number of hydrogen-bond acceptors (Lipinski definition) is 6. The minimum absolute atomic E-state index is 0.167. The van der Waals surface area contributed by atoms with Crippen LogP contribution in [0.4, 0.5) is 5.69 Å². The molecular weight excluding hydrogens is 258 g/mol. The fourth-order valence-electron chi connectivity index (χ4n) is 1.55. The maximum absolute atomic E-state index is 11.6. The van der Waals surface area contributed by atoms with E-state index in [1.165, 1.54) is 6.20 Å². The maximum atomic E-state index is 11.6. The molecule has 0 saturated carbocycles. The number of rotatable bonds is 4. The van der Waals surface area contributed by atoms with E-state index in [9.17, 15) is 4.79 Å². The number of ether oxygens (including phenoxy) is 2. The first-order chi connectivity index (χ1) is 9.60. The Morgan fingerprint density at radius 3 is 2.60 bits per heavy atom. The minimum Gasteiger partial charge on any atom is -0.462 e. The number of nitrogens with two attached hydrogens (primary N) is 1. The molecule has 0 aliphatic carbocycles. The molecule has 1 aromatic heterocycles. The van der Waals surface area contributed by atoms with Gasteiger partial charge >= 0.3 is 12.0 Å². The van der Waals surface area contributed by atoms with Gasteiger partial charge in [-0.15, -0.1) is 0 Å². The maximum Gasteiger partial charge on any atom is 0.341 e. The molecule has 0 fully saturated rings. The van der Waals surface area contributed by atoms with Gasteiger partial charge in [0.2, 0.25) is 0 Å². The summed E-state index contributed by atoms with van der Waals surface area (Å²) in [6, 6.07) is 7.03. The van der Waals surface area contributed by atoms with Crippen LogP contribution in [0.5, 0.6) is 11.8 Å². The van der Waals surface area contributed by atoms with Crippen molar-refractivity contribution in [3.8, 4) is 11.8 Å². The summed E-state index contributed by atoms with van der Waals surface area (Å²) in [6.45, 7) is 3.75. The standard InChI is InChI=1S/C14H15N3O3/c1-3-19-13(18)12-8-16-14(17-9(12)2)20-11-6-4-10(15)5-7-11/h4-8H,3,15H2,1-2H3. The molecule has 0 spiro atoms. The molecular formula is C14H15N3O3. The molecule has 2 rings (SSSR count). The summed E-state index contributed by atoms with van der Waals surface area (Å²) in [7, 11) is 0. The highest BCUT2D eigenvalue weighted by atomic mass is 16.5. The van der Waals surface area contributed by atoms with Crippen molar-refractivity contribution in [3.05, 3.63) is 41.7 Å². The number of esters is 1. The third kappa shape index (κ3) is 3.23. The van der Waals surface area contributed by atoms with E-state index in [2.05, 4.69) is 9.97 Å². The summed E-state index contributed by atoms with van der Waals surface area (Å²) in [6.07, 6.45) is 1.40. The number of carbonyl (C=O) groups excluding carboxylic acids is 1. The molecule has 2 N–H and O–H groups in total. The fraction of sp³-hybridized carbons (Fsp3) is 0.214. The molecule has 2 aromatic rings. The average molecular weight is 273 g/mol. The molecule has 0 saturated heterocycles. The molecule has 0 bridgehead atoms. The zero-order chi connectivity index (χ0) is 14.5. The lowest BCUT2D eigenvalue weighted by atomic mass is 10.2. The van der Waals surface area contributed by atoms with E-state index in [-0.39, 0.29) is 6.01 Å². The molecule has 0 atom stereocenters. The Morgan fingerprint density at radius 1 is 1.30 bits per heavy atom. The van der Waals surface area contributed by atoms with Crippen molar-refractivity contribution in [2.75, 3.05) is 12.3 Å². The lowest BCUT2D eigenvalue weighted by Gasteiger charge is -2.07. The smallest absolute Gasteiger partial charge is 0.341 e. The van der Waals surface area contributed by atoms with E-state index in [0.717, 1.165) is 0 Å². The van der Waals surface area contributed by atoms with E-state index in [1.807, 2.05) is 0 Å². The van der Waals surface area contributed by atoms with Gasteiger partial charge in [-0.25, -0.2) is 9.78 Å². The third-order valence-electron chi connectivity index (χ3n) is 2.54. The second-order valence-corrected chi connectivity index (χ2v) is 4.04. The molecule has 6 heteroatoms. The second kappa shape index (κ2) is 6.01. The normalized spacial score (nSPS) is 10.1. The van der Waals surface area contributed by atoms with Crippen molar-refractivity contribution < 1.29 is 14.3 Å². The Hall–Kier alpha value is -2.63. The highest BCUT2D eigenvalue weighted by molar-refractivity contribution is 5.90. The summed E-state index contributed by atoms with van der Waals surface area (Å²) < 4.78 is 10.4. The van der Waals surface area contributed by atoms with Crippen molar-refractivity contribution in [1.82, 2.24) is 9.97 Å². The summed E-state index contributed by atoms with van der Waals surface area (Å²) >= 11 is 0. The predicted octanol–water partition coefficient (Wildman–Crippen LogP) is 2.34. The SMILES string of the molecule is CCOC(=O)c1cnc(Oc2ccc(N)cc2)nc1C. The molecule has 0 amide bonds. The Labute approximate surface area is 116 Å². The Morgan fingerprint density at radius 2 is 2.00 bits per heavy atom. The van der Waals surface area contributed by atoms with Crippen LogP contribution in [0.2, 0.25) is 0 Å². The molecule has 1 heterocycles. The van der Waals surface area contributed by atoms with Crippen molar-refractivity contribution in [1.29, 1.82) is 0 Å². The largest absolute Gasteiger partial charge is 0.462 e. The minimum atomic E-state index is -0.441. The van der Waals surface area contributed by atoms with Crippen LogP contribution in [0, 0.1) is 6.92 Å². The first-order valence-electron chi connectivity index (χ1n) is 6.14. The van der Waals surface area contributed by atoms with E-state index in [0.29, 0.717) is 29.3 Å². The molecule has 0 radical (unpaired) electrons. The number of aryl methyl sites for hydroxylation is 1. The monoisotopic (exact) mass is 273 g/mol. The van der Waals surface area contributed by atoms with Crippen LogP contribution in [-0.4, -0.2) is 22.5 Å². The molecule has 0 unspecified atom stereocenters. The van der Waals surface area contributed by atoms with Gasteiger partial charge in [-0.3, -0.25) is 0 Å². The zero-order valence-corrected chi connectivity index (χ0v) is 11.3. The second-order valence-electron chi connectivity index (χ2n) is 4.04. The Bertz CT molecular complexity index is 612. The molecule has 0 aliphatic heterocycles. The van der Waals surface area contributed by atoms with Gasteiger partial charge in [0.1, 0.15) is 5.75 Å². The number of hydrogen-bond donors (Lipinski definition) is 1. The number of aromatic nitrogens is 2. The topological polar surface area (TPSA) is 87.3 Å². The molecule has 6 nitrogen and oxygen atoms in total. The Balaban J connectivity index is 2.16. The number of anilines is 1. The van der Waals surface area contributed by atoms with Gasteiger partial charge in [0.05, 0.1) is 17.9 Å². The summed E-state index contributed by atoms with van der Waals surface area (Å²) in [5.41, 5.74) is 7.07. The van der Waals surface area contributed by atoms with Gasteiger partial charge in [0, 0.05) is 11.9 Å². The van der Waals surface area contributed by atoms with Crippen molar-refractivity contribution in [3.63, 3.8) is 0 Å². The zero-order valence-electron chi connectivity index (χ0n) is 11.3. The molecule has 0 aliphatic rings. The van der Waals surface area contributed by atoms with Crippen LogP contribution in [0.3, 0.4) is 0 Å². The average Bonchev–Trinajstić information content (AvgIpc) is 2.42. The van der Waals surface area contributed by atoms with Gasteiger partial charge in [-0.1, -0.05) is 0 Å². The molecule has 1 aromatic carbocycles. The van der Waals surface area contributed by atoms with Crippen LogP contribution < -0.4 is 10.5 Å². The number of carbonyl (C=O) groups is 1. The predicted molar refractivity (Wildman–Crippen MR) is 73.7 cm³/mol. The van der Waals surface area contributed by atoms with E-state index in [1.54, 1.807) is 38.1 Å². The van der Waals surface area contributed by atoms with Crippen LogP contribution in [0.25, 0.3) is 0 Å². The quantitative estimate of drug-likeness (QED) is 0.679. The van der Waals surface area contributed by atoms with Crippen molar-refractivity contribution in [2.24, 2.45) is 0 Å². The van der Waals surface area contributed by atoms with Crippen LogP contribution in [0.1, 0.15) is 23.0 Å². The highest BCUT2D eigenvalue weighted by Crippen LogP contribution is 2.20. The van der Waals surface area contributed by atoms with Gasteiger partial charge in [0.15, 0.2) is 0 Å². The number of nitrogens with zero attached hydrogens (tertiary/aromatic N) is 2. The van der Waals surface area contributed by atoms with Crippen LogP contribution >= 0.6 is 0 Å². The highest BCUT2D eigenvalue weighted by Gasteiger charge is 2.13. The van der Waals surface area contributed by atoms with E-state index >= 15 is 0 Å². The Kier molecular flexibility index (Phi) is 4.14. The first-order valence-corrected chi connectivity index (χ1v) is 6.14. The molecule has 104 valence electrons. The number of nitrogen functional groups attached to an aromatic ring is 1. The summed E-state index contributed by atoms with van der Waals surface area (Å²) in [5, 5.41) is 0. The van der Waals surface area contributed by atoms with E-state index < -0.39 is 5.97 Å². The van der Waals surface area contributed by atoms with Crippen molar-refractivity contribution in [2.45, 2.75) is 13.8 Å². The summed E-state index contributed by atoms with van der Waals surface area (Å²) in [5.74, 6) is 0.131. The lowest BCUT2D eigenvalue weighted by molar-refractivity contribution is 0.0524. The van der Waals surface area contributed by atoms with Crippen molar-refractivity contribution >= 4 is 11.7 Å². The van der Waals surface area contributed by atoms with Crippen LogP contribution in [0.15, 0.2) is 30.5 Å². The number of benzene rings is 1.